The predicted molar refractivity (Wildman–Crippen MR) is 45.8 cm³/mol. The van der Waals surface area contributed by atoms with Crippen LogP contribution in [0.25, 0.3) is 0 Å². The largest absolute Gasteiger partial charge is 0.390 e. The Hall–Kier alpha value is -0.120. The fraction of sp³-hybridized carbons (Fsp3) is 1.00. The monoisotopic (exact) mass is 174 g/mol. The molecule has 0 aromatic carbocycles. The van der Waals surface area contributed by atoms with Gasteiger partial charge in [0.25, 0.3) is 0 Å². The Kier molecular flexibility index (Phi) is 3.50. The summed E-state index contributed by atoms with van der Waals surface area (Å²) < 4.78 is 4.97. The fourth-order valence-electron chi connectivity index (χ4n) is 2.01. The zero-order chi connectivity index (χ0) is 9.14. The van der Waals surface area contributed by atoms with Gasteiger partial charge in [0.15, 0.2) is 0 Å². The molecule has 0 spiro atoms. The second-order valence-electron chi connectivity index (χ2n) is 3.60. The van der Waals surface area contributed by atoms with Crippen molar-refractivity contribution in [3.63, 3.8) is 0 Å². The predicted octanol–water partition coefficient (Wildman–Crippen LogP) is 0.401. The Morgan fingerprint density at radius 1 is 1.25 bits per heavy atom. The SMILES string of the molecule is CCC1CC(COC)C(O)C1O. The number of hydrogen-bond donors (Lipinski definition) is 2. The molecule has 1 aliphatic carbocycles. The third-order valence-corrected chi connectivity index (χ3v) is 2.83. The number of aliphatic hydroxyl groups is 2. The van der Waals surface area contributed by atoms with Gasteiger partial charge in [-0.3, -0.25) is 0 Å². The van der Waals surface area contributed by atoms with Crippen LogP contribution in [0.2, 0.25) is 0 Å². The normalized spacial score (nSPS) is 42.0. The van der Waals surface area contributed by atoms with E-state index < -0.39 is 12.2 Å². The lowest BCUT2D eigenvalue weighted by Gasteiger charge is -2.15. The molecule has 1 rings (SSSR count). The lowest BCUT2D eigenvalue weighted by Crippen LogP contribution is -2.29. The molecule has 1 aliphatic rings. The van der Waals surface area contributed by atoms with Gasteiger partial charge >= 0.3 is 0 Å². The maximum atomic E-state index is 9.56. The van der Waals surface area contributed by atoms with Crippen molar-refractivity contribution in [1.29, 1.82) is 0 Å². The molecule has 0 amide bonds. The molecule has 0 aliphatic heterocycles. The summed E-state index contributed by atoms with van der Waals surface area (Å²) in [5.74, 6) is 0.370. The summed E-state index contributed by atoms with van der Waals surface area (Å²) in [6, 6.07) is 0. The van der Waals surface area contributed by atoms with Gasteiger partial charge < -0.3 is 14.9 Å². The van der Waals surface area contributed by atoms with Crippen molar-refractivity contribution >= 4 is 0 Å². The minimum Gasteiger partial charge on any atom is -0.390 e. The molecule has 72 valence electrons. The molecule has 4 unspecified atom stereocenters. The summed E-state index contributed by atoms with van der Waals surface area (Å²) in [5, 5.41) is 19.1. The Labute approximate surface area is 73.4 Å². The second kappa shape index (κ2) is 4.21. The van der Waals surface area contributed by atoms with E-state index in [2.05, 4.69) is 0 Å². The van der Waals surface area contributed by atoms with Gasteiger partial charge in [-0.15, -0.1) is 0 Å². The number of aliphatic hydroxyl groups excluding tert-OH is 2. The van der Waals surface area contributed by atoms with Crippen LogP contribution in [0.15, 0.2) is 0 Å². The fourth-order valence-corrected chi connectivity index (χ4v) is 2.01. The molecule has 1 fully saturated rings. The number of methoxy groups -OCH3 is 1. The average molecular weight is 174 g/mol. The van der Waals surface area contributed by atoms with Crippen LogP contribution in [0.1, 0.15) is 19.8 Å². The van der Waals surface area contributed by atoms with Gasteiger partial charge in [0.2, 0.25) is 0 Å². The van der Waals surface area contributed by atoms with Crippen molar-refractivity contribution in [3.05, 3.63) is 0 Å². The zero-order valence-corrected chi connectivity index (χ0v) is 7.73. The minimum atomic E-state index is -0.588. The molecular weight excluding hydrogens is 156 g/mol. The van der Waals surface area contributed by atoms with Crippen LogP contribution in [0.5, 0.6) is 0 Å². The highest BCUT2D eigenvalue weighted by atomic mass is 16.5. The van der Waals surface area contributed by atoms with Gasteiger partial charge in [-0.25, -0.2) is 0 Å². The molecule has 0 aromatic heterocycles. The molecule has 12 heavy (non-hydrogen) atoms. The van der Waals surface area contributed by atoms with E-state index in [9.17, 15) is 10.2 Å². The molecule has 0 saturated heterocycles. The van der Waals surface area contributed by atoms with Crippen LogP contribution in [0.4, 0.5) is 0 Å². The molecule has 2 N–H and O–H groups in total. The number of rotatable bonds is 3. The highest BCUT2D eigenvalue weighted by molar-refractivity contribution is 4.90. The van der Waals surface area contributed by atoms with Gasteiger partial charge in [-0.2, -0.15) is 0 Å². The molecular formula is C9H18O3. The van der Waals surface area contributed by atoms with Gasteiger partial charge in [0, 0.05) is 13.0 Å². The lowest BCUT2D eigenvalue weighted by molar-refractivity contribution is -0.0111. The Bertz CT molecular complexity index is 138. The van der Waals surface area contributed by atoms with Crippen molar-refractivity contribution in [1.82, 2.24) is 0 Å². The van der Waals surface area contributed by atoms with Crippen molar-refractivity contribution in [2.45, 2.75) is 32.0 Å². The van der Waals surface area contributed by atoms with Crippen LogP contribution >= 0.6 is 0 Å². The number of hydrogen-bond acceptors (Lipinski definition) is 3. The second-order valence-corrected chi connectivity index (χ2v) is 3.60. The Balaban J connectivity index is 2.48. The zero-order valence-electron chi connectivity index (χ0n) is 7.73. The minimum absolute atomic E-state index is 0.120. The average Bonchev–Trinajstić information content (AvgIpc) is 2.33. The van der Waals surface area contributed by atoms with Gasteiger partial charge in [0.1, 0.15) is 0 Å². The first kappa shape index (κ1) is 9.96. The first-order valence-electron chi connectivity index (χ1n) is 4.55. The van der Waals surface area contributed by atoms with E-state index >= 15 is 0 Å². The molecule has 4 atom stereocenters. The third-order valence-electron chi connectivity index (χ3n) is 2.83. The molecule has 0 aromatic rings. The smallest absolute Gasteiger partial charge is 0.0851 e. The Morgan fingerprint density at radius 2 is 1.83 bits per heavy atom. The molecule has 3 heteroatoms. The van der Waals surface area contributed by atoms with Crippen LogP contribution in [-0.4, -0.2) is 36.1 Å². The molecule has 3 nitrogen and oxygen atoms in total. The summed E-state index contributed by atoms with van der Waals surface area (Å²) in [5.41, 5.74) is 0. The van der Waals surface area contributed by atoms with Gasteiger partial charge in [-0.05, 0) is 12.3 Å². The van der Waals surface area contributed by atoms with E-state index in [0.717, 1.165) is 12.8 Å². The van der Waals surface area contributed by atoms with Crippen LogP contribution in [0.3, 0.4) is 0 Å². The molecule has 0 radical (unpaired) electrons. The van der Waals surface area contributed by atoms with E-state index in [-0.39, 0.29) is 11.8 Å². The van der Waals surface area contributed by atoms with E-state index in [1.807, 2.05) is 6.92 Å². The van der Waals surface area contributed by atoms with Crippen LogP contribution in [0, 0.1) is 11.8 Å². The Morgan fingerprint density at radius 3 is 2.25 bits per heavy atom. The maximum absolute atomic E-state index is 9.56. The quantitative estimate of drug-likeness (QED) is 0.651. The van der Waals surface area contributed by atoms with Gasteiger partial charge in [-0.1, -0.05) is 13.3 Å². The van der Waals surface area contributed by atoms with E-state index in [1.165, 1.54) is 0 Å². The highest BCUT2D eigenvalue weighted by Gasteiger charge is 2.39. The third kappa shape index (κ3) is 1.79. The van der Waals surface area contributed by atoms with Crippen LogP contribution < -0.4 is 0 Å². The summed E-state index contributed by atoms with van der Waals surface area (Å²) in [6.07, 6.45) is 0.676. The van der Waals surface area contributed by atoms with Crippen molar-refractivity contribution in [2.75, 3.05) is 13.7 Å². The first-order chi connectivity index (χ1) is 5.70. The topological polar surface area (TPSA) is 49.7 Å². The van der Waals surface area contributed by atoms with E-state index in [0.29, 0.717) is 6.61 Å². The number of ether oxygens (including phenoxy) is 1. The summed E-state index contributed by atoms with van der Waals surface area (Å²) in [4.78, 5) is 0. The van der Waals surface area contributed by atoms with E-state index in [4.69, 9.17) is 4.74 Å². The summed E-state index contributed by atoms with van der Waals surface area (Å²) >= 11 is 0. The van der Waals surface area contributed by atoms with Crippen LogP contribution in [-0.2, 0) is 4.74 Å². The lowest BCUT2D eigenvalue weighted by atomic mass is 10.0. The standard InChI is InChI=1S/C9H18O3/c1-3-6-4-7(5-12-2)9(11)8(6)10/h6-11H,3-5H2,1-2H3. The maximum Gasteiger partial charge on any atom is 0.0851 e. The molecule has 0 bridgehead atoms. The van der Waals surface area contributed by atoms with Crippen molar-refractivity contribution < 1.29 is 14.9 Å². The highest BCUT2D eigenvalue weighted by Crippen LogP contribution is 2.33. The van der Waals surface area contributed by atoms with Crippen molar-refractivity contribution in [3.8, 4) is 0 Å². The van der Waals surface area contributed by atoms with E-state index in [1.54, 1.807) is 7.11 Å². The summed E-state index contributed by atoms with van der Waals surface area (Å²) in [7, 11) is 1.62. The summed E-state index contributed by atoms with van der Waals surface area (Å²) in [6.45, 7) is 2.59. The first-order valence-corrected chi connectivity index (χ1v) is 4.55. The van der Waals surface area contributed by atoms with Gasteiger partial charge in [0.05, 0.1) is 18.8 Å². The van der Waals surface area contributed by atoms with Crippen molar-refractivity contribution in [2.24, 2.45) is 11.8 Å². The molecule has 1 saturated carbocycles. The molecule has 0 heterocycles.